The van der Waals surface area contributed by atoms with Gasteiger partial charge in [-0.1, -0.05) is 156 Å². The van der Waals surface area contributed by atoms with Crippen LogP contribution in [0, 0.1) is 11.8 Å². The molecule has 0 aromatic heterocycles. The average Bonchev–Trinajstić information content (AvgIpc) is 3.70. The fourth-order valence-electron chi connectivity index (χ4n) is 9.80. The van der Waals surface area contributed by atoms with Gasteiger partial charge >= 0.3 is 41.9 Å². The van der Waals surface area contributed by atoms with Crippen molar-refractivity contribution in [2.24, 2.45) is 11.8 Å². The molecule has 0 aliphatic carbocycles. The van der Waals surface area contributed by atoms with Crippen molar-refractivity contribution in [2.75, 3.05) is 59.8 Å². The molecule has 0 aromatic rings. The summed E-state index contributed by atoms with van der Waals surface area (Å²) in [6.45, 7) is 9.36. The number of ether oxygens (including phenoxy) is 7. The van der Waals surface area contributed by atoms with E-state index in [0.29, 0.717) is 51.5 Å². The first-order valence-corrected chi connectivity index (χ1v) is 30.5. The Hall–Kier alpha value is -3.95. The lowest BCUT2D eigenvalue weighted by atomic mass is 10.1. The van der Waals surface area contributed by atoms with Crippen LogP contribution in [0.2, 0.25) is 0 Å². The number of nitrogens with zero attached hydrogens (tertiary/aromatic N) is 2. The molecule has 1 unspecified atom stereocenters. The van der Waals surface area contributed by atoms with Gasteiger partial charge in [-0.05, 0) is 71.4 Å². The van der Waals surface area contributed by atoms with Gasteiger partial charge in [-0.2, -0.15) is 0 Å². The van der Waals surface area contributed by atoms with Crippen molar-refractivity contribution in [1.29, 1.82) is 0 Å². The van der Waals surface area contributed by atoms with Crippen molar-refractivity contribution < 1.29 is 66.7 Å². The van der Waals surface area contributed by atoms with Gasteiger partial charge in [-0.25, -0.2) is 4.79 Å². The maximum atomic E-state index is 14.2. The Morgan fingerprint density at radius 1 is 0.408 bits per heavy atom. The molecule has 2 saturated heterocycles. The third kappa shape index (κ3) is 34.7. The molecule has 2 heterocycles. The van der Waals surface area contributed by atoms with E-state index in [9.17, 15) is 33.6 Å². The van der Waals surface area contributed by atoms with Crippen LogP contribution in [0.3, 0.4) is 0 Å². The minimum Gasteiger partial charge on any atom is -0.465 e. The molecule has 0 spiro atoms. The van der Waals surface area contributed by atoms with Gasteiger partial charge in [-0.3, -0.25) is 33.7 Å². The molecule has 16 heteroatoms. The molecular weight excluding hydrogens is 973 g/mol. The normalized spacial score (nSPS) is 16.8. The monoisotopic (exact) mass is 1080 g/mol. The van der Waals surface area contributed by atoms with Gasteiger partial charge in [0.1, 0.15) is 19.3 Å². The van der Waals surface area contributed by atoms with Crippen molar-refractivity contribution >= 4 is 41.9 Å². The molecular formula is C60H106N2O14. The number of esters is 6. The van der Waals surface area contributed by atoms with Crippen LogP contribution in [0.25, 0.3) is 0 Å². The van der Waals surface area contributed by atoms with Gasteiger partial charge in [0, 0.05) is 44.1 Å². The van der Waals surface area contributed by atoms with Gasteiger partial charge < -0.3 is 38.1 Å². The molecule has 2 rings (SSSR count). The fourth-order valence-corrected chi connectivity index (χ4v) is 9.80. The molecule has 0 radical (unpaired) electrons. The number of unbranched alkanes of at least 4 members (excludes halogenated alkanes) is 20. The molecule has 2 aliphatic heterocycles. The van der Waals surface area contributed by atoms with Crippen molar-refractivity contribution in [1.82, 2.24) is 9.80 Å². The highest BCUT2D eigenvalue weighted by Gasteiger charge is 2.41. The van der Waals surface area contributed by atoms with Crippen LogP contribution in [0.1, 0.15) is 252 Å². The molecule has 440 valence electrons. The van der Waals surface area contributed by atoms with Crippen LogP contribution in [-0.2, 0) is 61.9 Å². The molecule has 3 atom stereocenters. The van der Waals surface area contributed by atoms with Gasteiger partial charge in [0.15, 0.2) is 0 Å². The van der Waals surface area contributed by atoms with Crippen molar-refractivity contribution in [3.8, 4) is 0 Å². The summed E-state index contributed by atoms with van der Waals surface area (Å²) in [5.41, 5.74) is 0. The number of amides is 1. The topological polar surface area (TPSA) is 191 Å². The van der Waals surface area contributed by atoms with Crippen LogP contribution < -0.4 is 0 Å². The summed E-state index contributed by atoms with van der Waals surface area (Å²) in [6.07, 6.45) is 27.9. The Morgan fingerprint density at radius 3 is 1.08 bits per heavy atom. The Kier molecular flexibility index (Phi) is 40.3. The number of carbonyl (C=O) groups excluding carboxylic acids is 7. The summed E-state index contributed by atoms with van der Waals surface area (Å²) < 4.78 is 40.2. The lowest BCUT2D eigenvalue weighted by molar-refractivity contribution is -0.156. The van der Waals surface area contributed by atoms with E-state index in [1.54, 1.807) is 0 Å². The minimum absolute atomic E-state index is 0.108. The van der Waals surface area contributed by atoms with E-state index >= 15 is 0 Å². The van der Waals surface area contributed by atoms with Crippen LogP contribution >= 0.6 is 0 Å². The molecule has 0 bridgehead atoms. The van der Waals surface area contributed by atoms with Crippen molar-refractivity contribution in [2.45, 2.75) is 271 Å². The second-order valence-electron chi connectivity index (χ2n) is 21.9. The number of likely N-dealkylation sites (tertiary alicyclic amines) is 2. The van der Waals surface area contributed by atoms with E-state index in [2.05, 4.69) is 32.6 Å². The van der Waals surface area contributed by atoms with Crippen LogP contribution in [0.5, 0.6) is 0 Å². The lowest BCUT2D eigenvalue weighted by Crippen LogP contribution is -2.47. The molecule has 0 aromatic carbocycles. The highest BCUT2D eigenvalue weighted by atomic mass is 16.6. The SMILES string of the molecule is CCCCCCCCC(=O)OCC(COC(=O)CCCCCCCC)CC(=O)OC[C@@H]1CC[C@@H](COC(=O)CC(COC(=O)CCCCCCCC)COC(=O)CCCCCCCC)N1C(=O)OC1CCCCN(C)C1. The van der Waals surface area contributed by atoms with Crippen LogP contribution in [0.15, 0.2) is 0 Å². The summed E-state index contributed by atoms with van der Waals surface area (Å²) in [6, 6.07) is -1.17. The summed E-state index contributed by atoms with van der Waals surface area (Å²) in [4.78, 5) is 95.9. The highest BCUT2D eigenvalue weighted by molar-refractivity contribution is 5.73. The quantitative estimate of drug-likeness (QED) is 0.0318. The van der Waals surface area contributed by atoms with Crippen molar-refractivity contribution in [3.63, 3.8) is 0 Å². The third-order valence-corrected chi connectivity index (χ3v) is 14.6. The Morgan fingerprint density at radius 2 is 0.737 bits per heavy atom. The standard InChI is InChI=1S/C60H106N2O14/c1-6-10-14-18-22-26-33-54(63)70-43-49(44-71-55(64)34-27-23-19-15-11-7-2)40-58(67)74-47-51-37-38-52(62(51)60(69)76-53-32-30-31-39-61(5)42-53)48-75-59(68)41-50(45-72-56(65)35-28-24-20-16-12-8-3)46-73-57(66)36-29-25-21-17-13-9-4/h49-53H,6-48H2,1-5H3/t51-,52-,53?/m0/s1. The second kappa shape index (κ2) is 45.0. The smallest absolute Gasteiger partial charge is 0.410 e. The van der Waals surface area contributed by atoms with E-state index in [1.807, 2.05) is 7.05 Å². The Bertz CT molecular complexity index is 1420. The molecule has 0 saturated carbocycles. The first kappa shape index (κ1) is 68.2. The second-order valence-corrected chi connectivity index (χ2v) is 21.9. The zero-order chi connectivity index (χ0) is 55.4. The maximum absolute atomic E-state index is 14.2. The molecule has 76 heavy (non-hydrogen) atoms. The average molecular weight is 1080 g/mol. The van der Waals surface area contributed by atoms with E-state index in [0.717, 1.165) is 122 Å². The summed E-state index contributed by atoms with van der Waals surface area (Å²) in [7, 11) is 1.99. The molecule has 2 fully saturated rings. The zero-order valence-electron chi connectivity index (χ0n) is 48.4. The maximum Gasteiger partial charge on any atom is 0.410 e. The number of hydrogen-bond acceptors (Lipinski definition) is 15. The predicted octanol–water partition coefficient (Wildman–Crippen LogP) is 12.7. The molecule has 16 nitrogen and oxygen atoms in total. The third-order valence-electron chi connectivity index (χ3n) is 14.6. The number of likely N-dealkylation sites (N-methyl/N-ethyl adjacent to an activating group) is 1. The zero-order valence-corrected chi connectivity index (χ0v) is 48.4. The number of hydrogen-bond donors (Lipinski definition) is 0. The van der Waals surface area contributed by atoms with Crippen LogP contribution in [0.4, 0.5) is 4.79 Å². The largest absolute Gasteiger partial charge is 0.465 e. The van der Waals surface area contributed by atoms with E-state index in [-0.39, 0.29) is 108 Å². The first-order chi connectivity index (χ1) is 36.9. The first-order valence-electron chi connectivity index (χ1n) is 30.5. The van der Waals surface area contributed by atoms with E-state index in [1.165, 1.54) is 30.6 Å². The van der Waals surface area contributed by atoms with Gasteiger partial charge in [-0.15, -0.1) is 0 Å². The van der Waals surface area contributed by atoms with Gasteiger partial charge in [0.2, 0.25) is 0 Å². The minimum atomic E-state index is -0.630. The predicted molar refractivity (Wildman–Crippen MR) is 294 cm³/mol. The Labute approximate surface area is 459 Å². The fraction of sp³-hybridized carbons (Fsp3) is 0.883. The van der Waals surface area contributed by atoms with Crippen molar-refractivity contribution in [3.05, 3.63) is 0 Å². The number of rotatable bonds is 45. The summed E-state index contributed by atoms with van der Waals surface area (Å²) in [5.74, 6) is -3.89. The van der Waals surface area contributed by atoms with Gasteiger partial charge in [0.25, 0.3) is 0 Å². The lowest BCUT2D eigenvalue weighted by Gasteiger charge is -2.31. The van der Waals surface area contributed by atoms with Crippen LogP contribution in [-0.4, -0.2) is 130 Å². The molecule has 0 N–H and O–H groups in total. The summed E-state index contributed by atoms with van der Waals surface area (Å²) in [5, 5.41) is 0. The number of carbonyl (C=O) groups is 7. The van der Waals surface area contributed by atoms with E-state index < -0.39 is 42.0 Å². The Balaban J connectivity index is 2.13. The highest BCUT2D eigenvalue weighted by Crippen LogP contribution is 2.28. The summed E-state index contributed by atoms with van der Waals surface area (Å²) >= 11 is 0. The molecule has 2 aliphatic rings. The van der Waals surface area contributed by atoms with Gasteiger partial charge in [0.05, 0.1) is 51.4 Å². The van der Waals surface area contributed by atoms with E-state index in [4.69, 9.17) is 33.2 Å². The molecule has 1 amide bonds.